The molecule has 2 N–H and O–H groups in total. The average molecular weight is 396 g/mol. The van der Waals surface area contributed by atoms with Gasteiger partial charge in [0.05, 0.1) is 12.8 Å². The average Bonchev–Trinajstić information content (AvgIpc) is 3.10. The van der Waals surface area contributed by atoms with Gasteiger partial charge >= 0.3 is 6.09 Å². The summed E-state index contributed by atoms with van der Waals surface area (Å²) in [7, 11) is 0. The molecule has 5 heteroatoms. The summed E-state index contributed by atoms with van der Waals surface area (Å²) in [6, 6.07) is 23.7. The minimum atomic E-state index is -0.493. The van der Waals surface area contributed by atoms with Gasteiger partial charge in [-0.2, -0.15) is 0 Å². The van der Waals surface area contributed by atoms with Crippen LogP contribution in [0.3, 0.4) is 0 Å². The van der Waals surface area contributed by atoms with Crippen LogP contribution in [0.4, 0.5) is 4.79 Å². The van der Waals surface area contributed by atoms with Crippen molar-refractivity contribution in [2.45, 2.75) is 5.92 Å². The Labute approximate surface area is 175 Å². The molecule has 0 saturated heterocycles. The maximum atomic E-state index is 12.1. The zero-order valence-corrected chi connectivity index (χ0v) is 16.2. The van der Waals surface area contributed by atoms with Gasteiger partial charge in [0.1, 0.15) is 6.61 Å². The number of ether oxygens (including phenoxy) is 1. The van der Waals surface area contributed by atoms with Crippen molar-refractivity contribution in [3.8, 4) is 23.0 Å². The van der Waals surface area contributed by atoms with Crippen molar-refractivity contribution in [1.29, 1.82) is 0 Å². The van der Waals surface area contributed by atoms with E-state index < -0.39 is 6.09 Å². The minimum Gasteiger partial charge on any atom is -0.449 e. The number of carbonyl (C=O) groups is 1. The molecule has 0 fully saturated rings. The molecular formula is C25H20N2O3. The van der Waals surface area contributed by atoms with Gasteiger partial charge in [-0.25, -0.2) is 4.79 Å². The fraction of sp³-hybridized carbons (Fsp3) is 0.120. The van der Waals surface area contributed by atoms with Crippen molar-refractivity contribution in [3.05, 3.63) is 95.1 Å². The first-order chi connectivity index (χ1) is 14.8. The molecule has 0 radical (unpaired) electrons. The SMILES string of the molecule is O=C(NCC#Cc1cccc(C=NO)c1)OCC1c2ccccc2-c2ccccc21. The van der Waals surface area contributed by atoms with Crippen molar-refractivity contribution in [2.24, 2.45) is 5.16 Å². The number of benzene rings is 3. The summed E-state index contributed by atoms with van der Waals surface area (Å²) in [4.78, 5) is 12.1. The molecule has 0 saturated carbocycles. The summed E-state index contributed by atoms with van der Waals surface area (Å²) >= 11 is 0. The number of oxime groups is 1. The first-order valence-corrected chi connectivity index (χ1v) is 9.61. The lowest BCUT2D eigenvalue weighted by atomic mass is 9.98. The topological polar surface area (TPSA) is 70.9 Å². The van der Waals surface area contributed by atoms with Crippen LogP contribution in [-0.2, 0) is 4.74 Å². The predicted octanol–water partition coefficient (Wildman–Crippen LogP) is 4.38. The molecule has 1 amide bonds. The summed E-state index contributed by atoms with van der Waals surface area (Å²) in [6.07, 6.45) is 0.840. The van der Waals surface area contributed by atoms with E-state index in [1.807, 2.05) is 36.4 Å². The highest BCUT2D eigenvalue weighted by molar-refractivity contribution is 5.80. The second-order valence-electron chi connectivity index (χ2n) is 6.85. The van der Waals surface area contributed by atoms with Crippen LogP contribution in [0.15, 0.2) is 78.0 Å². The van der Waals surface area contributed by atoms with Gasteiger partial charge in [0.25, 0.3) is 0 Å². The van der Waals surface area contributed by atoms with Crippen LogP contribution < -0.4 is 5.32 Å². The van der Waals surface area contributed by atoms with E-state index >= 15 is 0 Å². The summed E-state index contributed by atoms with van der Waals surface area (Å²) in [5, 5.41) is 14.3. The number of fused-ring (bicyclic) bond motifs is 3. The number of nitrogens with zero attached hydrogens (tertiary/aromatic N) is 1. The van der Waals surface area contributed by atoms with E-state index in [-0.39, 0.29) is 19.1 Å². The van der Waals surface area contributed by atoms with Crippen molar-refractivity contribution in [1.82, 2.24) is 5.32 Å². The van der Waals surface area contributed by atoms with Crippen LogP contribution in [0, 0.1) is 11.8 Å². The number of rotatable bonds is 4. The molecule has 0 heterocycles. The Morgan fingerprint density at radius 2 is 1.73 bits per heavy atom. The molecule has 3 aromatic rings. The Bertz CT molecular complexity index is 1110. The zero-order valence-electron chi connectivity index (χ0n) is 16.2. The highest BCUT2D eigenvalue weighted by atomic mass is 16.5. The largest absolute Gasteiger partial charge is 0.449 e. The summed E-state index contributed by atoms with van der Waals surface area (Å²) in [6.45, 7) is 0.449. The van der Waals surface area contributed by atoms with Crippen LogP contribution in [0.2, 0.25) is 0 Å². The summed E-state index contributed by atoms with van der Waals surface area (Å²) in [5.41, 5.74) is 6.26. The van der Waals surface area contributed by atoms with Gasteiger partial charge in [0.2, 0.25) is 0 Å². The zero-order chi connectivity index (χ0) is 20.8. The summed E-state index contributed by atoms with van der Waals surface area (Å²) < 4.78 is 5.48. The molecule has 5 nitrogen and oxygen atoms in total. The Kier molecular flexibility index (Phi) is 5.77. The molecule has 0 spiro atoms. The van der Waals surface area contributed by atoms with Crippen LogP contribution in [0.1, 0.15) is 28.2 Å². The van der Waals surface area contributed by atoms with Crippen molar-refractivity contribution < 1.29 is 14.7 Å². The molecule has 0 aliphatic heterocycles. The van der Waals surface area contributed by atoms with E-state index in [1.165, 1.54) is 28.5 Å². The van der Waals surface area contributed by atoms with E-state index in [4.69, 9.17) is 9.94 Å². The fourth-order valence-corrected chi connectivity index (χ4v) is 3.68. The Hall–Kier alpha value is -4.04. The van der Waals surface area contributed by atoms with Gasteiger partial charge in [-0.3, -0.25) is 0 Å². The lowest BCUT2D eigenvalue weighted by Crippen LogP contribution is -2.26. The molecule has 4 rings (SSSR count). The number of nitrogens with one attached hydrogen (secondary N) is 1. The van der Waals surface area contributed by atoms with Gasteiger partial charge < -0.3 is 15.3 Å². The van der Waals surface area contributed by atoms with E-state index in [0.717, 1.165) is 11.1 Å². The molecule has 148 valence electrons. The third-order valence-corrected chi connectivity index (χ3v) is 4.99. The van der Waals surface area contributed by atoms with Gasteiger partial charge in [0.15, 0.2) is 0 Å². The highest BCUT2D eigenvalue weighted by Gasteiger charge is 2.28. The van der Waals surface area contributed by atoms with Crippen molar-refractivity contribution in [3.63, 3.8) is 0 Å². The lowest BCUT2D eigenvalue weighted by Gasteiger charge is -2.14. The highest BCUT2D eigenvalue weighted by Crippen LogP contribution is 2.44. The number of hydrogen-bond acceptors (Lipinski definition) is 4. The van der Waals surface area contributed by atoms with E-state index in [1.54, 1.807) is 12.1 Å². The van der Waals surface area contributed by atoms with Crippen LogP contribution in [-0.4, -0.2) is 30.7 Å². The molecular weight excluding hydrogens is 376 g/mol. The Morgan fingerprint density at radius 3 is 2.43 bits per heavy atom. The molecule has 1 aliphatic carbocycles. The first-order valence-electron chi connectivity index (χ1n) is 9.61. The number of carbonyl (C=O) groups excluding carboxylic acids is 1. The second kappa shape index (κ2) is 8.97. The lowest BCUT2D eigenvalue weighted by molar-refractivity contribution is 0.144. The first kappa shape index (κ1) is 19.3. The molecule has 0 unspecified atom stereocenters. The van der Waals surface area contributed by atoms with Gasteiger partial charge in [-0.05, 0) is 39.9 Å². The molecule has 0 aromatic heterocycles. The monoisotopic (exact) mass is 396 g/mol. The number of hydrogen-bond donors (Lipinski definition) is 2. The normalized spacial score (nSPS) is 12.0. The number of alkyl carbamates (subject to hydrolysis) is 1. The Morgan fingerprint density at radius 1 is 1.03 bits per heavy atom. The van der Waals surface area contributed by atoms with Crippen molar-refractivity contribution >= 4 is 12.3 Å². The van der Waals surface area contributed by atoms with Crippen molar-refractivity contribution in [2.75, 3.05) is 13.2 Å². The maximum Gasteiger partial charge on any atom is 0.407 e. The van der Waals surface area contributed by atoms with Crippen LogP contribution in [0.25, 0.3) is 11.1 Å². The van der Waals surface area contributed by atoms with Crippen LogP contribution in [0.5, 0.6) is 0 Å². The van der Waals surface area contributed by atoms with E-state index in [2.05, 4.69) is 46.6 Å². The van der Waals surface area contributed by atoms with Gasteiger partial charge in [-0.1, -0.05) is 77.7 Å². The van der Waals surface area contributed by atoms with Crippen LogP contribution >= 0.6 is 0 Å². The predicted molar refractivity (Wildman–Crippen MR) is 116 cm³/mol. The molecule has 0 bridgehead atoms. The molecule has 0 atom stereocenters. The second-order valence-corrected chi connectivity index (χ2v) is 6.85. The van der Waals surface area contributed by atoms with Gasteiger partial charge in [-0.15, -0.1) is 0 Å². The molecule has 1 aliphatic rings. The smallest absolute Gasteiger partial charge is 0.407 e. The fourth-order valence-electron chi connectivity index (χ4n) is 3.68. The standard InChI is InChI=1S/C25H20N2O3/c28-25(26-14-6-9-18-7-5-8-19(15-18)16-27-29)30-17-24-22-12-3-1-10-20(22)21-11-2-4-13-23(21)24/h1-5,7-8,10-13,15-16,24,29H,14,17H2,(H,26,28). The third kappa shape index (κ3) is 4.18. The molecule has 30 heavy (non-hydrogen) atoms. The third-order valence-electron chi connectivity index (χ3n) is 4.99. The van der Waals surface area contributed by atoms with E-state index in [9.17, 15) is 4.79 Å². The maximum absolute atomic E-state index is 12.1. The Balaban J connectivity index is 1.34. The molecule has 3 aromatic carbocycles. The number of amides is 1. The minimum absolute atomic E-state index is 0.0326. The van der Waals surface area contributed by atoms with Gasteiger partial charge in [0, 0.05) is 11.5 Å². The quantitative estimate of drug-likeness (QED) is 0.297. The summed E-state index contributed by atoms with van der Waals surface area (Å²) in [5.74, 6) is 5.88. The van der Waals surface area contributed by atoms with E-state index in [0.29, 0.717) is 0 Å².